The molecule has 1 atom stereocenters. The molecule has 1 unspecified atom stereocenters. The number of carboxylic acid groups (broad SMARTS) is 1. The van der Waals surface area contributed by atoms with Gasteiger partial charge in [-0.3, -0.25) is 0 Å². The number of fused-ring (bicyclic) bond motifs is 1. The monoisotopic (exact) mass is 570 g/mol. The number of H-pyrrole nitrogens is 1. The lowest BCUT2D eigenvalue weighted by Gasteiger charge is -2.12. The molecule has 0 saturated carbocycles. The third-order valence-electron chi connectivity index (χ3n) is 5.89. The number of tetrazole rings is 1. The smallest absolute Gasteiger partial charge is 0.355 e. The third kappa shape index (κ3) is 4.41. The van der Waals surface area contributed by atoms with Gasteiger partial charge in [0.1, 0.15) is 17.2 Å². The van der Waals surface area contributed by atoms with Crippen molar-refractivity contribution < 1.29 is 19.4 Å². The highest BCUT2D eigenvalue weighted by Gasteiger charge is 2.24. The van der Waals surface area contributed by atoms with Crippen molar-refractivity contribution >= 4 is 44.5 Å². The van der Waals surface area contributed by atoms with Gasteiger partial charge in [0.05, 0.1) is 10.6 Å². The molecule has 5 rings (SSSR count). The molecule has 12 heteroatoms. The lowest BCUT2D eigenvalue weighted by Crippen LogP contribution is -2.17. The van der Waals surface area contributed by atoms with Crippen LogP contribution in [0.25, 0.3) is 33.7 Å². The number of nitrogens with one attached hydrogen (secondary N) is 1. The molecule has 2 aromatic carbocycles. The van der Waals surface area contributed by atoms with E-state index in [0.29, 0.717) is 29.4 Å². The van der Waals surface area contributed by atoms with Gasteiger partial charge < -0.3 is 19.2 Å². The van der Waals surface area contributed by atoms with E-state index in [4.69, 9.17) is 16.0 Å². The topological polar surface area (TPSA) is 143 Å². The van der Waals surface area contributed by atoms with Gasteiger partial charge in [-0.05, 0) is 45.3 Å². The first-order chi connectivity index (χ1) is 17.4. The second kappa shape index (κ2) is 9.84. The van der Waals surface area contributed by atoms with Crippen molar-refractivity contribution in [3.8, 4) is 22.7 Å². The lowest BCUT2D eigenvalue weighted by molar-refractivity contribution is 0.0684. The van der Waals surface area contributed by atoms with Gasteiger partial charge in [-0.2, -0.15) is 5.21 Å². The zero-order valence-corrected chi connectivity index (χ0v) is 21.3. The van der Waals surface area contributed by atoms with E-state index in [2.05, 4.69) is 41.5 Å². The van der Waals surface area contributed by atoms with E-state index in [-0.39, 0.29) is 23.8 Å². The number of nitrogens with zero attached hydrogens (tertiary/aromatic N) is 5. The fraction of sp³-hybridized carbons (Fsp3) is 0.208. The van der Waals surface area contributed by atoms with Crippen molar-refractivity contribution in [1.82, 2.24) is 30.2 Å². The Bertz CT molecular complexity index is 1560. The molecule has 0 aliphatic heterocycles. The van der Waals surface area contributed by atoms with Crippen molar-refractivity contribution in [2.75, 3.05) is 0 Å². The van der Waals surface area contributed by atoms with Gasteiger partial charge >= 0.3 is 5.97 Å². The summed E-state index contributed by atoms with van der Waals surface area (Å²) in [4.78, 5) is 16.1. The first-order valence-corrected chi connectivity index (χ1v) is 12.2. The zero-order valence-electron chi connectivity index (χ0n) is 18.9. The average Bonchev–Trinajstić information content (AvgIpc) is 3.58. The van der Waals surface area contributed by atoms with E-state index in [1.54, 1.807) is 0 Å². The second-order valence-electron chi connectivity index (χ2n) is 8.18. The molecule has 0 amide bonds. The van der Waals surface area contributed by atoms with Gasteiger partial charge in [0.25, 0.3) is 0 Å². The molecule has 3 heterocycles. The van der Waals surface area contributed by atoms with Crippen molar-refractivity contribution in [1.29, 1.82) is 0 Å². The zero-order chi connectivity index (χ0) is 25.4. The molecule has 0 aliphatic carbocycles. The molecule has 10 nitrogen and oxygen atoms in total. The molecular formula is C24H20BrClN6O4. The maximum absolute atomic E-state index is 11.9. The van der Waals surface area contributed by atoms with Gasteiger partial charge in [-0.25, -0.2) is 9.78 Å². The summed E-state index contributed by atoms with van der Waals surface area (Å²) in [7, 11) is 0. The van der Waals surface area contributed by atoms with Gasteiger partial charge in [0, 0.05) is 29.5 Å². The number of halogens is 2. The predicted molar refractivity (Wildman–Crippen MR) is 136 cm³/mol. The quantitative estimate of drug-likeness (QED) is 0.237. The van der Waals surface area contributed by atoms with Crippen LogP contribution in [0.3, 0.4) is 0 Å². The SMILES string of the molecule is CCC(O)Cc1nc(Cl)c(C(=O)O)n1Cc1ccc2oc(-c3ccccc3-c3nn[nH]n3)c(Br)c2c1. The summed E-state index contributed by atoms with van der Waals surface area (Å²) in [6.45, 7) is 2.05. The second-order valence-corrected chi connectivity index (χ2v) is 9.33. The Hall–Kier alpha value is -3.54. The van der Waals surface area contributed by atoms with E-state index in [9.17, 15) is 15.0 Å². The number of aromatic nitrogens is 6. The number of imidazole rings is 1. The molecule has 0 saturated heterocycles. The summed E-state index contributed by atoms with van der Waals surface area (Å²) < 4.78 is 8.45. The standard InChI is InChI=1S/C24H20BrClN6O4/c1-2-13(33)10-18-27-22(26)20(24(34)35)32(18)11-12-7-8-17-16(9-12)19(25)21(36-17)14-5-3-4-6-15(14)23-28-30-31-29-23/h3-9,13,33H,2,10-11H2,1H3,(H,34,35)(H,28,29,30,31). The molecule has 5 aromatic rings. The number of benzene rings is 2. The van der Waals surface area contributed by atoms with Crippen LogP contribution in [0.4, 0.5) is 0 Å². The molecule has 0 bridgehead atoms. The van der Waals surface area contributed by atoms with Crippen LogP contribution in [-0.4, -0.2) is 52.5 Å². The Morgan fingerprint density at radius 2 is 2.03 bits per heavy atom. The number of hydrogen-bond acceptors (Lipinski definition) is 7. The maximum Gasteiger partial charge on any atom is 0.355 e. The van der Waals surface area contributed by atoms with Gasteiger partial charge in [0.15, 0.2) is 10.8 Å². The van der Waals surface area contributed by atoms with Crippen LogP contribution in [-0.2, 0) is 13.0 Å². The minimum absolute atomic E-state index is 0.105. The normalized spacial score (nSPS) is 12.3. The van der Waals surface area contributed by atoms with Crippen LogP contribution in [0.2, 0.25) is 5.15 Å². The summed E-state index contributed by atoms with van der Waals surface area (Å²) in [5, 5.41) is 34.9. The minimum atomic E-state index is -1.18. The summed E-state index contributed by atoms with van der Waals surface area (Å²) in [5.41, 5.74) is 2.88. The Kier molecular flexibility index (Phi) is 6.61. The summed E-state index contributed by atoms with van der Waals surface area (Å²) in [5.74, 6) is 0.272. The largest absolute Gasteiger partial charge is 0.476 e. The number of carbonyl (C=O) groups is 1. The maximum atomic E-state index is 11.9. The van der Waals surface area contributed by atoms with E-state index in [1.165, 1.54) is 4.57 Å². The molecule has 3 N–H and O–H groups in total. The molecular weight excluding hydrogens is 552 g/mol. The van der Waals surface area contributed by atoms with Crippen LogP contribution in [0.1, 0.15) is 35.2 Å². The number of furan rings is 1. The molecule has 0 radical (unpaired) electrons. The van der Waals surface area contributed by atoms with Crippen LogP contribution >= 0.6 is 27.5 Å². The Morgan fingerprint density at radius 3 is 2.72 bits per heavy atom. The first kappa shape index (κ1) is 24.2. The van der Waals surface area contributed by atoms with Crippen LogP contribution in [0, 0.1) is 0 Å². The first-order valence-electron chi connectivity index (χ1n) is 11.1. The highest BCUT2D eigenvalue weighted by molar-refractivity contribution is 9.10. The minimum Gasteiger partial charge on any atom is -0.476 e. The van der Waals surface area contributed by atoms with Crippen LogP contribution in [0.5, 0.6) is 0 Å². The number of aliphatic hydroxyl groups excluding tert-OH is 1. The number of hydrogen-bond donors (Lipinski definition) is 3. The molecule has 184 valence electrons. The van der Waals surface area contributed by atoms with Crippen molar-refractivity contribution in [3.05, 3.63) is 69.2 Å². The predicted octanol–water partition coefficient (Wildman–Crippen LogP) is 4.95. The Morgan fingerprint density at radius 1 is 1.25 bits per heavy atom. The number of aliphatic hydroxyl groups is 1. The fourth-order valence-electron chi connectivity index (χ4n) is 4.07. The van der Waals surface area contributed by atoms with Crippen molar-refractivity contribution in [2.24, 2.45) is 0 Å². The highest BCUT2D eigenvalue weighted by Crippen LogP contribution is 2.41. The van der Waals surface area contributed by atoms with E-state index in [1.807, 2.05) is 49.4 Å². The Labute approximate surface area is 218 Å². The number of carboxylic acids is 1. The molecule has 0 spiro atoms. The van der Waals surface area contributed by atoms with Gasteiger partial charge in [0.2, 0.25) is 5.82 Å². The van der Waals surface area contributed by atoms with E-state index < -0.39 is 12.1 Å². The highest BCUT2D eigenvalue weighted by atomic mass is 79.9. The fourth-order valence-corrected chi connectivity index (χ4v) is 4.96. The Balaban J connectivity index is 1.56. The number of aromatic amines is 1. The van der Waals surface area contributed by atoms with Crippen LogP contribution in [0.15, 0.2) is 51.4 Å². The van der Waals surface area contributed by atoms with Gasteiger partial charge in [-0.1, -0.05) is 48.9 Å². The molecule has 3 aromatic heterocycles. The average molecular weight is 572 g/mol. The summed E-state index contributed by atoms with van der Waals surface area (Å²) in [6, 6.07) is 13.2. The van der Waals surface area contributed by atoms with E-state index in [0.717, 1.165) is 26.5 Å². The van der Waals surface area contributed by atoms with Crippen LogP contribution < -0.4 is 0 Å². The number of rotatable bonds is 8. The molecule has 0 fully saturated rings. The molecule has 36 heavy (non-hydrogen) atoms. The van der Waals surface area contributed by atoms with E-state index >= 15 is 0 Å². The lowest BCUT2D eigenvalue weighted by atomic mass is 10.0. The van der Waals surface area contributed by atoms with Crippen molar-refractivity contribution in [3.63, 3.8) is 0 Å². The number of aromatic carboxylic acids is 1. The summed E-state index contributed by atoms with van der Waals surface area (Å²) >= 11 is 9.83. The van der Waals surface area contributed by atoms with Gasteiger partial charge in [-0.15, -0.1) is 10.2 Å². The molecule has 0 aliphatic rings. The third-order valence-corrected chi connectivity index (χ3v) is 6.94. The summed E-state index contributed by atoms with van der Waals surface area (Å²) in [6.07, 6.45) is 0.0452. The van der Waals surface area contributed by atoms with Crippen molar-refractivity contribution in [2.45, 2.75) is 32.4 Å².